The smallest absolute Gasteiger partial charge is 0.335 e. The lowest BCUT2D eigenvalue weighted by atomic mass is 10.0. The van der Waals surface area contributed by atoms with Crippen LogP contribution < -0.4 is 4.72 Å². The number of halogens is 1. The highest BCUT2D eigenvalue weighted by Gasteiger charge is 2.29. The number of carbonyl (C=O) groups is 1. The second-order valence-corrected chi connectivity index (χ2v) is 7.47. The van der Waals surface area contributed by atoms with Crippen LogP contribution in [0.4, 0.5) is 10.1 Å². The average Bonchev–Trinajstić information content (AvgIpc) is 3.00. The van der Waals surface area contributed by atoms with Crippen LogP contribution in [0.25, 0.3) is 0 Å². The molecule has 23 heavy (non-hydrogen) atoms. The van der Waals surface area contributed by atoms with Crippen molar-refractivity contribution >= 4 is 21.7 Å². The molecule has 1 unspecified atom stereocenters. The van der Waals surface area contributed by atoms with Gasteiger partial charge in [0.15, 0.2) is 0 Å². The Labute approximate surface area is 134 Å². The van der Waals surface area contributed by atoms with E-state index in [0.29, 0.717) is 0 Å². The molecule has 0 bridgehead atoms. The molecule has 1 aliphatic carbocycles. The van der Waals surface area contributed by atoms with Gasteiger partial charge in [-0.25, -0.2) is 17.6 Å². The Hall–Kier alpha value is -1.67. The van der Waals surface area contributed by atoms with E-state index >= 15 is 0 Å². The zero-order valence-corrected chi connectivity index (χ0v) is 13.6. The van der Waals surface area contributed by atoms with Crippen LogP contribution >= 0.6 is 0 Å². The number of ether oxygens (including phenoxy) is 1. The van der Waals surface area contributed by atoms with E-state index in [1.807, 2.05) is 0 Å². The lowest BCUT2D eigenvalue weighted by Gasteiger charge is -2.22. The summed E-state index contributed by atoms with van der Waals surface area (Å²) in [5.74, 6) is -2.20. The maximum atomic E-state index is 13.7. The fourth-order valence-corrected chi connectivity index (χ4v) is 4.30. The lowest BCUT2D eigenvalue weighted by molar-refractivity contribution is 0.0696. The number of rotatable bonds is 7. The van der Waals surface area contributed by atoms with E-state index in [4.69, 9.17) is 9.84 Å². The van der Waals surface area contributed by atoms with Crippen molar-refractivity contribution in [3.63, 3.8) is 0 Å². The second-order valence-electron chi connectivity index (χ2n) is 5.70. The Balaban J connectivity index is 2.14. The number of sulfonamides is 1. The van der Waals surface area contributed by atoms with Gasteiger partial charge in [0.05, 0.1) is 23.1 Å². The van der Waals surface area contributed by atoms with E-state index < -0.39 is 27.9 Å². The third kappa shape index (κ3) is 4.65. The van der Waals surface area contributed by atoms with Gasteiger partial charge in [-0.05, 0) is 37.0 Å². The van der Waals surface area contributed by atoms with Gasteiger partial charge in [0.2, 0.25) is 10.0 Å². The number of carboxylic acid groups (broad SMARTS) is 1. The molecular formula is C15H20FNO5S. The van der Waals surface area contributed by atoms with E-state index in [1.54, 1.807) is 0 Å². The van der Waals surface area contributed by atoms with Crippen LogP contribution in [0.1, 0.15) is 36.0 Å². The fourth-order valence-electron chi connectivity index (χ4n) is 2.89. The summed E-state index contributed by atoms with van der Waals surface area (Å²) < 4.78 is 45.7. The van der Waals surface area contributed by atoms with Gasteiger partial charge in [0.25, 0.3) is 0 Å². The molecule has 0 heterocycles. The summed E-state index contributed by atoms with van der Waals surface area (Å²) in [5.41, 5.74) is -0.561. The number of nitrogens with one attached hydrogen (secondary N) is 1. The number of benzene rings is 1. The molecule has 1 fully saturated rings. The van der Waals surface area contributed by atoms with Crippen LogP contribution in [0.15, 0.2) is 18.2 Å². The van der Waals surface area contributed by atoms with Crippen LogP contribution in [0.2, 0.25) is 0 Å². The molecule has 0 spiro atoms. The Morgan fingerprint density at radius 2 is 2.09 bits per heavy atom. The first-order valence-electron chi connectivity index (χ1n) is 7.38. The number of hydrogen-bond acceptors (Lipinski definition) is 4. The van der Waals surface area contributed by atoms with Gasteiger partial charge in [-0.3, -0.25) is 4.72 Å². The molecule has 2 rings (SSSR count). The standard InChI is InChI=1S/C15H20FNO5S/c1-22-14(10-4-2-3-5-10)9-23(20,21)17-13-8-11(15(18)19)6-7-12(13)16/h6-8,10,14,17H,2-5,9H2,1H3,(H,18,19). The van der Waals surface area contributed by atoms with Crippen LogP contribution in [0, 0.1) is 11.7 Å². The number of carboxylic acids is 1. The molecule has 0 saturated heterocycles. The van der Waals surface area contributed by atoms with Crippen molar-refractivity contribution < 1.29 is 27.4 Å². The van der Waals surface area contributed by atoms with Crippen molar-refractivity contribution in [2.75, 3.05) is 17.6 Å². The molecule has 1 saturated carbocycles. The minimum absolute atomic E-state index is 0.173. The Bertz CT molecular complexity index is 670. The van der Waals surface area contributed by atoms with Gasteiger partial charge in [-0.15, -0.1) is 0 Å². The highest BCUT2D eigenvalue weighted by atomic mass is 32.2. The van der Waals surface area contributed by atoms with E-state index in [1.165, 1.54) is 7.11 Å². The molecule has 0 radical (unpaired) electrons. The third-order valence-electron chi connectivity index (χ3n) is 4.09. The number of methoxy groups -OCH3 is 1. The predicted octanol–water partition coefficient (Wildman–Crippen LogP) is 2.47. The molecule has 6 nitrogen and oxygen atoms in total. The first-order valence-corrected chi connectivity index (χ1v) is 9.04. The molecular weight excluding hydrogens is 325 g/mol. The molecule has 2 N–H and O–H groups in total. The van der Waals surface area contributed by atoms with Crippen molar-refractivity contribution in [1.82, 2.24) is 0 Å². The summed E-state index contributed by atoms with van der Waals surface area (Å²) >= 11 is 0. The highest BCUT2D eigenvalue weighted by molar-refractivity contribution is 7.92. The molecule has 0 amide bonds. The van der Waals surface area contributed by atoms with E-state index in [0.717, 1.165) is 43.9 Å². The van der Waals surface area contributed by atoms with Gasteiger partial charge in [-0.2, -0.15) is 0 Å². The van der Waals surface area contributed by atoms with Gasteiger partial charge >= 0.3 is 5.97 Å². The van der Waals surface area contributed by atoms with Gasteiger partial charge in [0, 0.05) is 7.11 Å². The highest BCUT2D eigenvalue weighted by Crippen LogP contribution is 2.30. The zero-order chi connectivity index (χ0) is 17.0. The maximum Gasteiger partial charge on any atom is 0.335 e. The van der Waals surface area contributed by atoms with Crippen LogP contribution in [0.3, 0.4) is 0 Å². The predicted molar refractivity (Wildman–Crippen MR) is 83.5 cm³/mol. The van der Waals surface area contributed by atoms with E-state index in [2.05, 4.69) is 4.72 Å². The van der Waals surface area contributed by atoms with Crippen LogP contribution in [-0.4, -0.2) is 38.5 Å². The summed E-state index contributed by atoms with van der Waals surface area (Å²) in [6.45, 7) is 0. The third-order valence-corrected chi connectivity index (χ3v) is 5.39. The summed E-state index contributed by atoms with van der Waals surface area (Å²) in [6.07, 6.45) is 3.47. The van der Waals surface area contributed by atoms with Crippen molar-refractivity contribution in [1.29, 1.82) is 0 Å². The van der Waals surface area contributed by atoms with Crippen LogP contribution in [0.5, 0.6) is 0 Å². The van der Waals surface area contributed by atoms with Gasteiger partial charge in [0.1, 0.15) is 5.82 Å². The number of anilines is 1. The van der Waals surface area contributed by atoms with Crippen molar-refractivity contribution in [2.24, 2.45) is 5.92 Å². The molecule has 128 valence electrons. The Kier molecular flexibility index (Phi) is 5.59. The molecule has 1 atom stereocenters. The van der Waals surface area contributed by atoms with Crippen molar-refractivity contribution in [2.45, 2.75) is 31.8 Å². The number of aromatic carboxylic acids is 1. The minimum Gasteiger partial charge on any atom is -0.478 e. The summed E-state index contributed by atoms with van der Waals surface area (Å²) in [5, 5.41) is 8.91. The Morgan fingerprint density at radius 3 is 2.65 bits per heavy atom. The number of hydrogen-bond donors (Lipinski definition) is 2. The van der Waals surface area contributed by atoms with Crippen molar-refractivity contribution in [3.8, 4) is 0 Å². The normalized spacial score (nSPS) is 17.1. The van der Waals surface area contributed by atoms with Gasteiger partial charge < -0.3 is 9.84 Å². The maximum absolute atomic E-state index is 13.7. The Morgan fingerprint density at radius 1 is 1.43 bits per heavy atom. The second kappa shape index (κ2) is 7.27. The van der Waals surface area contributed by atoms with E-state index in [9.17, 15) is 17.6 Å². The minimum atomic E-state index is -3.86. The van der Waals surface area contributed by atoms with Crippen LogP contribution in [-0.2, 0) is 14.8 Å². The fraction of sp³-hybridized carbons (Fsp3) is 0.533. The SMILES string of the molecule is COC(CS(=O)(=O)Nc1cc(C(=O)O)ccc1F)C1CCCC1. The monoisotopic (exact) mass is 345 g/mol. The molecule has 8 heteroatoms. The molecule has 1 aromatic carbocycles. The summed E-state index contributed by atoms with van der Waals surface area (Å²) in [4.78, 5) is 10.9. The first-order chi connectivity index (χ1) is 10.8. The topological polar surface area (TPSA) is 92.7 Å². The quantitative estimate of drug-likeness (QED) is 0.792. The van der Waals surface area contributed by atoms with Gasteiger partial charge in [-0.1, -0.05) is 12.8 Å². The lowest BCUT2D eigenvalue weighted by Crippen LogP contribution is -2.32. The molecule has 0 aliphatic heterocycles. The zero-order valence-electron chi connectivity index (χ0n) is 12.8. The first kappa shape index (κ1) is 17.7. The molecule has 1 aromatic rings. The molecule has 0 aromatic heterocycles. The van der Waals surface area contributed by atoms with E-state index in [-0.39, 0.29) is 22.9 Å². The summed E-state index contributed by atoms with van der Waals surface area (Å²) in [7, 11) is -2.39. The van der Waals surface area contributed by atoms with Crippen molar-refractivity contribution in [3.05, 3.63) is 29.6 Å². The molecule has 1 aliphatic rings. The summed E-state index contributed by atoms with van der Waals surface area (Å²) in [6, 6.07) is 2.96. The largest absolute Gasteiger partial charge is 0.478 e. The average molecular weight is 345 g/mol.